The Balaban J connectivity index is 3.06. The largest absolute Gasteiger partial charge is 0.0599 e. The highest BCUT2D eigenvalue weighted by molar-refractivity contribution is 5.39. The quantitative estimate of drug-likeness (QED) is 0.622. The first-order valence-electron chi connectivity index (χ1n) is 5.37. The van der Waals surface area contributed by atoms with Gasteiger partial charge >= 0.3 is 0 Å². The van der Waals surface area contributed by atoms with Gasteiger partial charge in [0.25, 0.3) is 0 Å². The van der Waals surface area contributed by atoms with Crippen LogP contribution in [0, 0.1) is 26.2 Å². The molecule has 0 unspecified atom stereocenters. The van der Waals surface area contributed by atoms with Crippen LogP contribution in [0.5, 0.6) is 0 Å². The van der Waals surface area contributed by atoms with Gasteiger partial charge in [-0.05, 0) is 54.9 Å². The highest BCUT2D eigenvalue weighted by Gasteiger charge is 2.13. The number of aryl methyl sites for hydroxylation is 1. The van der Waals surface area contributed by atoms with Crippen molar-refractivity contribution in [3.05, 3.63) is 34.4 Å². The molecule has 0 aromatic heterocycles. The van der Waals surface area contributed by atoms with E-state index in [1.165, 1.54) is 28.7 Å². The van der Waals surface area contributed by atoms with Crippen LogP contribution in [0.4, 0.5) is 0 Å². The third kappa shape index (κ3) is 2.60. The molecule has 0 saturated heterocycles. The second-order valence-electron chi connectivity index (χ2n) is 5.53. The van der Waals surface area contributed by atoms with Gasteiger partial charge in [-0.15, -0.1) is 0 Å². The molecule has 78 valence electrons. The third-order valence-electron chi connectivity index (χ3n) is 2.89. The molecule has 0 nitrogen and oxygen atoms in total. The smallest absolute Gasteiger partial charge is 0.0227 e. The molecular weight excluding hydrogens is 168 g/mol. The SMILES string of the molecule is Cc1ccc(CC(C)(C)C)c(C)c1C. The van der Waals surface area contributed by atoms with Crippen LogP contribution in [-0.2, 0) is 6.42 Å². The fourth-order valence-electron chi connectivity index (χ4n) is 1.78. The first kappa shape index (κ1) is 11.3. The molecule has 0 aliphatic carbocycles. The Kier molecular flexibility index (Phi) is 3.04. The lowest BCUT2D eigenvalue weighted by molar-refractivity contribution is 0.410. The van der Waals surface area contributed by atoms with Gasteiger partial charge in [-0.1, -0.05) is 32.9 Å². The summed E-state index contributed by atoms with van der Waals surface area (Å²) in [5.41, 5.74) is 6.21. The first-order chi connectivity index (χ1) is 6.31. The lowest BCUT2D eigenvalue weighted by Crippen LogP contribution is -2.10. The van der Waals surface area contributed by atoms with Gasteiger partial charge in [-0.3, -0.25) is 0 Å². The van der Waals surface area contributed by atoms with Crippen molar-refractivity contribution in [3.63, 3.8) is 0 Å². The summed E-state index contributed by atoms with van der Waals surface area (Å²) in [6.07, 6.45) is 1.17. The lowest BCUT2D eigenvalue weighted by Gasteiger charge is -2.21. The van der Waals surface area contributed by atoms with E-state index in [0.717, 1.165) is 0 Å². The Hall–Kier alpha value is -0.780. The molecule has 1 rings (SSSR count). The Morgan fingerprint density at radius 2 is 1.50 bits per heavy atom. The van der Waals surface area contributed by atoms with E-state index in [4.69, 9.17) is 0 Å². The van der Waals surface area contributed by atoms with Gasteiger partial charge in [0.15, 0.2) is 0 Å². The summed E-state index contributed by atoms with van der Waals surface area (Å²) >= 11 is 0. The average Bonchev–Trinajstić information content (AvgIpc) is 2.04. The minimum absolute atomic E-state index is 0.381. The van der Waals surface area contributed by atoms with E-state index in [0.29, 0.717) is 5.41 Å². The van der Waals surface area contributed by atoms with Gasteiger partial charge in [0.05, 0.1) is 0 Å². The summed E-state index contributed by atoms with van der Waals surface area (Å²) in [6, 6.07) is 4.52. The van der Waals surface area contributed by atoms with E-state index >= 15 is 0 Å². The van der Waals surface area contributed by atoms with Crippen LogP contribution in [0.3, 0.4) is 0 Å². The van der Waals surface area contributed by atoms with Crippen LogP contribution >= 0.6 is 0 Å². The van der Waals surface area contributed by atoms with E-state index in [9.17, 15) is 0 Å². The van der Waals surface area contributed by atoms with Crippen molar-refractivity contribution in [2.45, 2.75) is 48.0 Å². The highest BCUT2D eigenvalue weighted by Crippen LogP contribution is 2.25. The minimum Gasteiger partial charge on any atom is -0.0599 e. The fraction of sp³-hybridized carbons (Fsp3) is 0.571. The van der Waals surface area contributed by atoms with Gasteiger partial charge in [0.1, 0.15) is 0 Å². The second kappa shape index (κ2) is 3.76. The van der Waals surface area contributed by atoms with E-state index < -0.39 is 0 Å². The molecule has 0 aliphatic rings. The predicted molar refractivity (Wildman–Crippen MR) is 63.8 cm³/mol. The number of rotatable bonds is 1. The maximum Gasteiger partial charge on any atom is -0.0227 e. The summed E-state index contributed by atoms with van der Waals surface area (Å²) in [7, 11) is 0. The standard InChI is InChI=1S/C14H22/c1-10-7-8-13(9-14(4,5)6)12(3)11(10)2/h7-8H,9H2,1-6H3. The van der Waals surface area contributed by atoms with Crippen LogP contribution in [0.2, 0.25) is 0 Å². The van der Waals surface area contributed by atoms with E-state index in [1.54, 1.807) is 0 Å². The van der Waals surface area contributed by atoms with E-state index in [-0.39, 0.29) is 0 Å². The molecule has 0 bridgehead atoms. The molecule has 14 heavy (non-hydrogen) atoms. The zero-order valence-electron chi connectivity index (χ0n) is 10.4. The summed E-state index contributed by atoms with van der Waals surface area (Å²) in [6.45, 7) is 13.5. The topological polar surface area (TPSA) is 0 Å². The molecule has 0 aliphatic heterocycles. The summed E-state index contributed by atoms with van der Waals surface area (Å²) in [5, 5.41) is 0. The van der Waals surface area contributed by atoms with Crippen molar-refractivity contribution in [3.8, 4) is 0 Å². The van der Waals surface area contributed by atoms with Crippen LogP contribution in [0.15, 0.2) is 12.1 Å². The Bertz CT molecular complexity index is 327. The normalized spacial score (nSPS) is 11.9. The fourth-order valence-corrected chi connectivity index (χ4v) is 1.78. The number of hydrogen-bond acceptors (Lipinski definition) is 0. The molecule has 0 fully saturated rings. The van der Waals surface area contributed by atoms with Crippen LogP contribution in [0.1, 0.15) is 43.0 Å². The van der Waals surface area contributed by atoms with Crippen molar-refractivity contribution in [1.82, 2.24) is 0 Å². The Morgan fingerprint density at radius 1 is 0.929 bits per heavy atom. The summed E-state index contributed by atoms with van der Waals surface area (Å²) in [4.78, 5) is 0. The molecular formula is C14H22. The molecule has 0 amide bonds. The molecule has 0 spiro atoms. The molecule has 0 heterocycles. The van der Waals surface area contributed by atoms with Gasteiger partial charge in [-0.2, -0.15) is 0 Å². The Morgan fingerprint density at radius 3 is 2.00 bits per heavy atom. The van der Waals surface area contributed by atoms with Crippen molar-refractivity contribution in [2.24, 2.45) is 5.41 Å². The molecule has 0 radical (unpaired) electrons. The molecule has 0 heteroatoms. The predicted octanol–water partition coefficient (Wildman–Crippen LogP) is 4.20. The van der Waals surface area contributed by atoms with E-state index in [1.807, 2.05) is 0 Å². The minimum atomic E-state index is 0.381. The van der Waals surface area contributed by atoms with Crippen LogP contribution in [-0.4, -0.2) is 0 Å². The number of benzene rings is 1. The first-order valence-corrected chi connectivity index (χ1v) is 5.37. The van der Waals surface area contributed by atoms with Crippen molar-refractivity contribution in [2.75, 3.05) is 0 Å². The maximum atomic E-state index is 2.29. The molecule has 0 N–H and O–H groups in total. The van der Waals surface area contributed by atoms with Gasteiger partial charge in [0.2, 0.25) is 0 Å². The van der Waals surface area contributed by atoms with Gasteiger partial charge in [0, 0.05) is 0 Å². The molecule has 1 aromatic carbocycles. The van der Waals surface area contributed by atoms with Crippen LogP contribution < -0.4 is 0 Å². The molecule has 0 atom stereocenters. The van der Waals surface area contributed by atoms with Gasteiger partial charge in [-0.25, -0.2) is 0 Å². The number of hydrogen-bond donors (Lipinski definition) is 0. The van der Waals surface area contributed by atoms with Crippen molar-refractivity contribution in [1.29, 1.82) is 0 Å². The lowest BCUT2D eigenvalue weighted by atomic mass is 9.85. The Labute approximate surface area is 88.4 Å². The third-order valence-corrected chi connectivity index (χ3v) is 2.89. The monoisotopic (exact) mass is 190 g/mol. The van der Waals surface area contributed by atoms with Crippen molar-refractivity contribution >= 4 is 0 Å². The van der Waals surface area contributed by atoms with Crippen molar-refractivity contribution < 1.29 is 0 Å². The summed E-state index contributed by atoms with van der Waals surface area (Å²) < 4.78 is 0. The zero-order valence-corrected chi connectivity index (χ0v) is 10.4. The van der Waals surface area contributed by atoms with Crippen LogP contribution in [0.25, 0.3) is 0 Å². The average molecular weight is 190 g/mol. The zero-order chi connectivity index (χ0) is 10.9. The van der Waals surface area contributed by atoms with E-state index in [2.05, 4.69) is 53.7 Å². The molecule has 1 aromatic rings. The summed E-state index contributed by atoms with van der Waals surface area (Å²) in [5.74, 6) is 0. The maximum absolute atomic E-state index is 2.29. The molecule has 0 saturated carbocycles. The second-order valence-corrected chi connectivity index (χ2v) is 5.53. The highest BCUT2D eigenvalue weighted by atomic mass is 14.2. The van der Waals surface area contributed by atoms with Gasteiger partial charge < -0.3 is 0 Å².